The average Bonchev–Trinajstić information content (AvgIpc) is 3.09. The van der Waals surface area contributed by atoms with Crippen LogP contribution in [0.3, 0.4) is 0 Å². The molecule has 1 fully saturated rings. The molecule has 1 saturated heterocycles. The molecule has 1 atom stereocenters. The maximum atomic E-state index is 6.15. The van der Waals surface area contributed by atoms with Crippen molar-refractivity contribution in [2.75, 3.05) is 18.4 Å². The van der Waals surface area contributed by atoms with E-state index < -0.39 is 0 Å². The molecule has 23 heavy (non-hydrogen) atoms. The van der Waals surface area contributed by atoms with Crippen molar-refractivity contribution in [2.24, 2.45) is 0 Å². The molecular formula is C19H19N3O. The molecule has 2 aromatic carbocycles. The van der Waals surface area contributed by atoms with Crippen LogP contribution in [0, 0.1) is 0 Å². The number of ether oxygens (including phenoxy) is 1. The highest BCUT2D eigenvalue weighted by Gasteiger charge is 2.16. The van der Waals surface area contributed by atoms with Crippen molar-refractivity contribution in [3.05, 3.63) is 60.8 Å². The number of aromatic nitrogens is 1. The number of anilines is 2. The third-order valence-corrected chi connectivity index (χ3v) is 4.09. The summed E-state index contributed by atoms with van der Waals surface area (Å²) in [7, 11) is 0. The van der Waals surface area contributed by atoms with Gasteiger partial charge in [0.05, 0.1) is 0 Å². The monoisotopic (exact) mass is 305 g/mol. The van der Waals surface area contributed by atoms with Crippen molar-refractivity contribution in [3.63, 3.8) is 0 Å². The van der Waals surface area contributed by atoms with Gasteiger partial charge in [0.1, 0.15) is 17.7 Å². The zero-order valence-electron chi connectivity index (χ0n) is 12.8. The summed E-state index contributed by atoms with van der Waals surface area (Å²) in [5.41, 5.74) is 1.02. The number of nitrogens with one attached hydrogen (secondary N) is 2. The number of hydrogen-bond acceptors (Lipinski definition) is 4. The molecule has 0 saturated carbocycles. The van der Waals surface area contributed by atoms with E-state index >= 15 is 0 Å². The first kappa shape index (κ1) is 14.0. The second-order valence-electron chi connectivity index (χ2n) is 5.76. The number of hydrogen-bond donors (Lipinski definition) is 2. The zero-order chi connectivity index (χ0) is 15.5. The van der Waals surface area contributed by atoms with Crippen molar-refractivity contribution in [3.8, 4) is 5.75 Å². The fourth-order valence-electron chi connectivity index (χ4n) is 2.93. The third-order valence-electron chi connectivity index (χ3n) is 4.09. The Bertz CT molecular complexity index is 798. The second kappa shape index (κ2) is 6.26. The SMILES string of the molecule is c1ccc(Nc2ccc3c(O[C@@H]4CCNC4)cccc3c2)nc1. The Kier molecular flexibility index (Phi) is 3.82. The third kappa shape index (κ3) is 3.12. The summed E-state index contributed by atoms with van der Waals surface area (Å²) in [6.45, 7) is 1.96. The minimum absolute atomic E-state index is 0.270. The second-order valence-corrected chi connectivity index (χ2v) is 5.76. The molecule has 3 aromatic rings. The van der Waals surface area contributed by atoms with Crippen LogP contribution in [0.15, 0.2) is 60.8 Å². The van der Waals surface area contributed by atoms with E-state index in [4.69, 9.17) is 4.74 Å². The van der Waals surface area contributed by atoms with Crippen LogP contribution in [0.5, 0.6) is 5.75 Å². The van der Waals surface area contributed by atoms with Crippen LogP contribution in [0.1, 0.15) is 6.42 Å². The van der Waals surface area contributed by atoms with E-state index in [0.717, 1.165) is 47.5 Å². The van der Waals surface area contributed by atoms with Crippen LogP contribution in [-0.4, -0.2) is 24.2 Å². The first-order valence-electron chi connectivity index (χ1n) is 7.97. The Balaban J connectivity index is 1.61. The standard InChI is InChI=1S/C19H19N3O/c1-2-10-21-19(6-1)22-15-7-8-17-14(12-15)4-3-5-18(17)23-16-9-11-20-13-16/h1-8,10,12,16,20H,9,11,13H2,(H,21,22)/t16-/m1/s1. The molecule has 116 valence electrons. The summed E-state index contributed by atoms with van der Waals surface area (Å²) in [6.07, 6.45) is 3.12. The molecule has 1 aromatic heterocycles. The quantitative estimate of drug-likeness (QED) is 0.771. The molecule has 2 N–H and O–H groups in total. The molecule has 4 rings (SSSR count). The van der Waals surface area contributed by atoms with Crippen LogP contribution in [0.2, 0.25) is 0 Å². The lowest BCUT2D eigenvalue weighted by molar-refractivity contribution is 0.226. The molecule has 0 amide bonds. The van der Waals surface area contributed by atoms with Gasteiger partial charge in [-0.3, -0.25) is 0 Å². The van der Waals surface area contributed by atoms with E-state index in [9.17, 15) is 0 Å². The zero-order valence-corrected chi connectivity index (χ0v) is 12.8. The highest BCUT2D eigenvalue weighted by atomic mass is 16.5. The molecule has 0 bridgehead atoms. The van der Waals surface area contributed by atoms with Crippen molar-refractivity contribution < 1.29 is 4.74 Å². The lowest BCUT2D eigenvalue weighted by atomic mass is 10.1. The topological polar surface area (TPSA) is 46.2 Å². The number of fused-ring (bicyclic) bond motifs is 1. The highest BCUT2D eigenvalue weighted by molar-refractivity contribution is 5.91. The van der Waals surface area contributed by atoms with Crippen molar-refractivity contribution in [2.45, 2.75) is 12.5 Å². The van der Waals surface area contributed by atoms with Gasteiger partial charge in [0.15, 0.2) is 0 Å². The lowest BCUT2D eigenvalue weighted by Crippen LogP contribution is -2.19. The largest absolute Gasteiger partial charge is 0.488 e. The summed E-state index contributed by atoms with van der Waals surface area (Å²) in [5, 5.41) is 8.97. The number of rotatable bonds is 4. The molecule has 4 nitrogen and oxygen atoms in total. The van der Waals surface area contributed by atoms with Crippen LogP contribution in [0.25, 0.3) is 10.8 Å². The van der Waals surface area contributed by atoms with Gasteiger partial charge in [-0.2, -0.15) is 0 Å². The molecule has 0 radical (unpaired) electrons. The smallest absolute Gasteiger partial charge is 0.130 e. The summed E-state index contributed by atoms with van der Waals surface area (Å²) in [6, 6.07) is 18.3. The summed E-state index contributed by atoms with van der Waals surface area (Å²) < 4.78 is 6.15. The average molecular weight is 305 g/mol. The lowest BCUT2D eigenvalue weighted by Gasteiger charge is -2.15. The summed E-state index contributed by atoms with van der Waals surface area (Å²) >= 11 is 0. The Morgan fingerprint density at radius 3 is 2.91 bits per heavy atom. The normalized spacial score (nSPS) is 17.3. The highest BCUT2D eigenvalue weighted by Crippen LogP contribution is 2.30. The van der Waals surface area contributed by atoms with E-state index in [0.29, 0.717) is 0 Å². The van der Waals surface area contributed by atoms with E-state index in [1.165, 1.54) is 0 Å². The van der Waals surface area contributed by atoms with Gasteiger partial charge in [-0.05, 0) is 54.8 Å². The number of pyridine rings is 1. The van der Waals surface area contributed by atoms with Crippen LogP contribution in [-0.2, 0) is 0 Å². The van der Waals surface area contributed by atoms with E-state index in [-0.39, 0.29) is 6.10 Å². The summed E-state index contributed by atoms with van der Waals surface area (Å²) in [4.78, 5) is 4.30. The summed E-state index contributed by atoms with van der Waals surface area (Å²) in [5.74, 6) is 1.80. The van der Waals surface area contributed by atoms with Gasteiger partial charge in [-0.15, -0.1) is 0 Å². The maximum absolute atomic E-state index is 6.15. The van der Waals surface area contributed by atoms with Crippen molar-refractivity contribution in [1.29, 1.82) is 0 Å². The van der Waals surface area contributed by atoms with Crippen molar-refractivity contribution >= 4 is 22.3 Å². The fraction of sp³-hybridized carbons (Fsp3) is 0.211. The molecule has 0 unspecified atom stereocenters. The van der Waals surface area contributed by atoms with E-state index in [2.05, 4.69) is 39.9 Å². The predicted octanol–water partition coefficient (Wildman–Crippen LogP) is 3.72. The number of benzene rings is 2. The minimum atomic E-state index is 0.270. The Hall–Kier alpha value is -2.59. The van der Waals surface area contributed by atoms with Crippen LogP contribution in [0.4, 0.5) is 11.5 Å². The molecule has 0 spiro atoms. The Morgan fingerprint density at radius 2 is 2.09 bits per heavy atom. The van der Waals surface area contributed by atoms with Crippen LogP contribution < -0.4 is 15.4 Å². The predicted molar refractivity (Wildman–Crippen MR) is 93.4 cm³/mol. The molecule has 1 aliphatic heterocycles. The van der Waals surface area contributed by atoms with Gasteiger partial charge in [0, 0.05) is 23.8 Å². The molecular weight excluding hydrogens is 286 g/mol. The maximum Gasteiger partial charge on any atom is 0.130 e. The molecule has 0 aliphatic carbocycles. The van der Waals surface area contributed by atoms with Gasteiger partial charge in [0.2, 0.25) is 0 Å². The molecule has 4 heteroatoms. The Labute approximate surface area is 135 Å². The molecule has 1 aliphatic rings. The van der Waals surface area contributed by atoms with Gasteiger partial charge in [-0.1, -0.05) is 18.2 Å². The fourth-order valence-corrected chi connectivity index (χ4v) is 2.93. The number of nitrogens with zero attached hydrogens (tertiary/aromatic N) is 1. The van der Waals surface area contributed by atoms with E-state index in [1.807, 2.05) is 30.3 Å². The van der Waals surface area contributed by atoms with E-state index in [1.54, 1.807) is 6.20 Å². The van der Waals surface area contributed by atoms with Crippen molar-refractivity contribution in [1.82, 2.24) is 10.3 Å². The molecule has 2 heterocycles. The van der Waals surface area contributed by atoms with Gasteiger partial charge >= 0.3 is 0 Å². The van der Waals surface area contributed by atoms with Gasteiger partial charge in [0.25, 0.3) is 0 Å². The first-order chi connectivity index (χ1) is 11.4. The van der Waals surface area contributed by atoms with Gasteiger partial charge < -0.3 is 15.4 Å². The van der Waals surface area contributed by atoms with Gasteiger partial charge in [-0.25, -0.2) is 4.98 Å². The Morgan fingerprint density at radius 1 is 1.09 bits per heavy atom. The van der Waals surface area contributed by atoms with Crippen LogP contribution >= 0.6 is 0 Å². The minimum Gasteiger partial charge on any atom is -0.488 e. The first-order valence-corrected chi connectivity index (χ1v) is 7.97.